The summed E-state index contributed by atoms with van der Waals surface area (Å²) >= 11 is 0. The van der Waals surface area contributed by atoms with E-state index in [1.165, 1.54) is 4.90 Å². The van der Waals surface area contributed by atoms with E-state index < -0.39 is 54.1 Å². The zero-order valence-electron chi connectivity index (χ0n) is 16.5. The Morgan fingerprint density at radius 1 is 1.39 bits per heavy atom. The van der Waals surface area contributed by atoms with Crippen molar-refractivity contribution in [2.24, 2.45) is 0 Å². The molecule has 2 atom stereocenters. The second-order valence-corrected chi connectivity index (χ2v) is 7.82. The molecule has 2 aliphatic heterocycles. The number of alkyl halides is 4. The van der Waals surface area contributed by atoms with Gasteiger partial charge in [-0.1, -0.05) is 0 Å². The number of halogens is 5. The van der Waals surface area contributed by atoms with Gasteiger partial charge in [0.1, 0.15) is 11.4 Å². The smallest absolute Gasteiger partial charge is 0.322 e. The van der Waals surface area contributed by atoms with Crippen LogP contribution in [0.15, 0.2) is 12.3 Å². The number of fused-ring (bicyclic) bond motifs is 3. The molecule has 0 aromatic carbocycles. The molecule has 0 saturated heterocycles. The highest BCUT2D eigenvalue weighted by molar-refractivity contribution is 5.90. The van der Waals surface area contributed by atoms with Gasteiger partial charge in [0.05, 0.1) is 30.6 Å². The Kier molecular flexibility index (Phi) is 5.36. The lowest BCUT2D eigenvalue weighted by Crippen LogP contribution is -2.45. The molecule has 4 rings (SSSR count). The average molecular weight is 445 g/mol. The van der Waals surface area contributed by atoms with E-state index in [2.05, 4.69) is 15.4 Å². The summed E-state index contributed by atoms with van der Waals surface area (Å²) in [7, 11) is 0. The van der Waals surface area contributed by atoms with Crippen molar-refractivity contribution in [2.75, 3.05) is 5.32 Å². The van der Waals surface area contributed by atoms with Crippen LogP contribution in [0, 0.1) is 5.82 Å². The number of nitrogens with one attached hydrogen (secondary N) is 1. The number of carbonyl (C=O) groups excluding carboxylic acids is 1. The highest BCUT2D eigenvalue weighted by Crippen LogP contribution is 2.41. The van der Waals surface area contributed by atoms with Gasteiger partial charge in [-0.05, 0) is 19.4 Å². The normalized spacial score (nSPS) is 22.6. The van der Waals surface area contributed by atoms with Gasteiger partial charge in [-0.15, -0.1) is 0 Å². The third kappa shape index (κ3) is 3.84. The standard InChI is InChI=1S/C19H20F5N5O2/c1-9-6-13-11(16-19(23,24)4-2-10(30)7-29(16)27-13)8-28(9)18(31)26-12-3-5-25-15(14(12)20)17(21)22/h3,5,9-10,17,30H,2,4,6-8H2,1H3,(H,25,26,31)/t9-,10-/m1/s1. The van der Waals surface area contributed by atoms with Crippen LogP contribution in [-0.4, -0.2) is 42.9 Å². The molecular weight excluding hydrogens is 425 g/mol. The van der Waals surface area contributed by atoms with Crippen LogP contribution in [0.4, 0.5) is 32.4 Å². The number of pyridine rings is 1. The number of aliphatic hydroxyl groups excluding tert-OH is 1. The van der Waals surface area contributed by atoms with Crippen molar-refractivity contribution in [1.29, 1.82) is 0 Å². The molecule has 0 unspecified atom stereocenters. The SMILES string of the molecule is C[C@@H]1Cc2nn3c(c2CN1C(=O)Nc1ccnc(C(F)F)c1F)C(F)(F)CC[C@@H](O)C3. The van der Waals surface area contributed by atoms with Gasteiger partial charge in [0.2, 0.25) is 0 Å². The van der Waals surface area contributed by atoms with Gasteiger partial charge in [0, 0.05) is 30.6 Å². The molecule has 0 spiro atoms. The number of hydrogen-bond donors (Lipinski definition) is 2. The first kappa shape index (κ1) is 21.5. The largest absolute Gasteiger partial charge is 0.391 e. The third-order valence-corrected chi connectivity index (χ3v) is 5.63. The zero-order valence-corrected chi connectivity index (χ0v) is 16.5. The van der Waals surface area contributed by atoms with Crippen molar-refractivity contribution in [2.45, 2.75) is 63.8 Å². The molecule has 4 heterocycles. The van der Waals surface area contributed by atoms with E-state index in [1.807, 2.05) is 0 Å². The molecule has 0 fully saturated rings. The topological polar surface area (TPSA) is 83.3 Å². The maximum absolute atomic E-state index is 14.8. The Labute approximate surface area is 173 Å². The number of anilines is 1. The van der Waals surface area contributed by atoms with E-state index in [9.17, 15) is 31.9 Å². The maximum Gasteiger partial charge on any atom is 0.322 e. The molecule has 2 aromatic heterocycles. The zero-order chi connectivity index (χ0) is 22.5. The molecule has 12 heteroatoms. The lowest BCUT2D eigenvalue weighted by atomic mass is 9.96. The highest BCUT2D eigenvalue weighted by Gasteiger charge is 2.44. The van der Waals surface area contributed by atoms with E-state index in [0.29, 0.717) is 5.69 Å². The molecule has 0 bridgehead atoms. The lowest BCUT2D eigenvalue weighted by Gasteiger charge is -2.33. The highest BCUT2D eigenvalue weighted by atomic mass is 19.3. The Morgan fingerprint density at radius 2 is 2.13 bits per heavy atom. The molecular formula is C19H20F5N5O2. The second-order valence-electron chi connectivity index (χ2n) is 7.82. The van der Waals surface area contributed by atoms with Crippen molar-refractivity contribution >= 4 is 11.7 Å². The first-order chi connectivity index (χ1) is 14.6. The first-order valence-electron chi connectivity index (χ1n) is 9.73. The summed E-state index contributed by atoms with van der Waals surface area (Å²) in [6.07, 6.45) is -3.62. The van der Waals surface area contributed by atoms with Crippen LogP contribution in [0.1, 0.15) is 48.8 Å². The molecule has 0 saturated carbocycles. The minimum absolute atomic E-state index is 0.0723. The predicted octanol–water partition coefficient (Wildman–Crippen LogP) is 3.58. The summed E-state index contributed by atoms with van der Waals surface area (Å²) in [6, 6.07) is -0.245. The van der Waals surface area contributed by atoms with Gasteiger partial charge >= 0.3 is 6.03 Å². The molecule has 2 amide bonds. The average Bonchev–Trinajstić information content (AvgIpc) is 2.99. The quantitative estimate of drug-likeness (QED) is 0.693. The minimum atomic E-state index is -3.23. The Balaban J connectivity index is 1.63. The third-order valence-electron chi connectivity index (χ3n) is 5.63. The van der Waals surface area contributed by atoms with Crippen LogP contribution >= 0.6 is 0 Å². The summed E-state index contributed by atoms with van der Waals surface area (Å²) in [6.45, 7) is 1.39. The first-order valence-corrected chi connectivity index (χ1v) is 9.73. The van der Waals surface area contributed by atoms with Crippen molar-refractivity contribution in [3.05, 3.63) is 40.7 Å². The van der Waals surface area contributed by atoms with E-state index in [0.717, 1.165) is 16.9 Å². The summed E-state index contributed by atoms with van der Waals surface area (Å²) in [5.41, 5.74) is -1.30. The second kappa shape index (κ2) is 7.74. The minimum Gasteiger partial charge on any atom is -0.391 e. The summed E-state index contributed by atoms with van der Waals surface area (Å²) < 4.78 is 70.6. The van der Waals surface area contributed by atoms with E-state index in [1.54, 1.807) is 6.92 Å². The van der Waals surface area contributed by atoms with Crippen molar-refractivity contribution < 1.29 is 31.9 Å². The van der Waals surface area contributed by atoms with Crippen molar-refractivity contribution in [1.82, 2.24) is 19.7 Å². The molecule has 168 valence electrons. The van der Waals surface area contributed by atoms with Crippen LogP contribution in [0.25, 0.3) is 0 Å². The van der Waals surface area contributed by atoms with Crippen LogP contribution in [0.3, 0.4) is 0 Å². The number of aliphatic hydroxyl groups is 1. The van der Waals surface area contributed by atoms with E-state index >= 15 is 0 Å². The predicted molar refractivity (Wildman–Crippen MR) is 98.2 cm³/mol. The number of urea groups is 1. The fraction of sp³-hybridized carbons (Fsp3) is 0.526. The van der Waals surface area contributed by atoms with Gasteiger partial charge in [-0.3, -0.25) is 9.67 Å². The van der Waals surface area contributed by atoms with E-state index in [-0.39, 0.29) is 37.2 Å². The number of carbonyl (C=O) groups is 1. The Hall–Kier alpha value is -2.76. The number of nitrogens with zero attached hydrogens (tertiary/aromatic N) is 4. The molecule has 2 aromatic rings. The molecule has 2 aliphatic rings. The fourth-order valence-corrected chi connectivity index (χ4v) is 4.06. The van der Waals surface area contributed by atoms with Gasteiger partial charge in [0.25, 0.3) is 12.3 Å². The number of amides is 2. The maximum atomic E-state index is 14.8. The van der Waals surface area contributed by atoms with E-state index in [4.69, 9.17) is 0 Å². The van der Waals surface area contributed by atoms with Crippen LogP contribution in [0.2, 0.25) is 0 Å². The summed E-state index contributed by atoms with van der Waals surface area (Å²) in [4.78, 5) is 17.3. The molecule has 31 heavy (non-hydrogen) atoms. The molecule has 2 N–H and O–H groups in total. The van der Waals surface area contributed by atoms with Crippen molar-refractivity contribution in [3.8, 4) is 0 Å². The number of hydrogen-bond acceptors (Lipinski definition) is 4. The van der Waals surface area contributed by atoms with Gasteiger partial charge in [0.15, 0.2) is 5.82 Å². The van der Waals surface area contributed by atoms with Gasteiger partial charge in [-0.25, -0.2) is 18.0 Å². The Morgan fingerprint density at radius 3 is 2.84 bits per heavy atom. The number of aromatic nitrogens is 3. The molecule has 0 radical (unpaired) electrons. The molecule has 7 nitrogen and oxygen atoms in total. The van der Waals surface area contributed by atoms with Crippen LogP contribution < -0.4 is 5.32 Å². The van der Waals surface area contributed by atoms with Gasteiger partial charge in [-0.2, -0.15) is 13.9 Å². The summed E-state index contributed by atoms with van der Waals surface area (Å²) in [5, 5.41) is 16.4. The van der Waals surface area contributed by atoms with Crippen molar-refractivity contribution in [3.63, 3.8) is 0 Å². The van der Waals surface area contributed by atoms with Crippen LogP contribution in [0.5, 0.6) is 0 Å². The fourth-order valence-electron chi connectivity index (χ4n) is 4.06. The Bertz CT molecular complexity index is 1010. The lowest BCUT2D eigenvalue weighted by molar-refractivity contribution is -0.0250. The summed E-state index contributed by atoms with van der Waals surface area (Å²) in [5.74, 6) is -4.58. The number of rotatable bonds is 2. The monoisotopic (exact) mass is 445 g/mol. The molecule has 0 aliphatic carbocycles. The van der Waals surface area contributed by atoms with Gasteiger partial charge < -0.3 is 15.3 Å². The van der Waals surface area contributed by atoms with Crippen LogP contribution in [-0.2, 0) is 25.4 Å².